The summed E-state index contributed by atoms with van der Waals surface area (Å²) in [6.07, 6.45) is 9.59. The van der Waals surface area contributed by atoms with Gasteiger partial charge < -0.3 is 15.5 Å². The standard InChI is InChI=1S/C27H32N2O6S2.C5H11N/c1-3-28-22-15-10-16-23(30)20(22)17-24(36(28,32)33)25(18-11-6-5-7-12-18)27-26(31)19-13-8-9-14-21(19)29(4-2)37(27,34)35;1-2-4-6-5-3-1/h8-10,13-18,25,30-31H,3-7,11-12H2,1-2H3;6H,1-5H2. The predicted molar refractivity (Wildman–Crippen MR) is 169 cm³/mol. The Balaban J connectivity index is 0.000000548. The van der Waals surface area contributed by atoms with Crippen LogP contribution in [0.4, 0.5) is 11.4 Å². The van der Waals surface area contributed by atoms with Gasteiger partial charge in [0.15, 0.2) is 0 Å². The van der Waals surface area contributed by atoms with E-state index >= 15 is 0 Å². The third kappa shape index (κ3) is 5.79. The van der Waals surface area contributed by atoms with Crippen LogP contribution in [-0.4, -0.2) is 48.1 Å². The van der Waals surface area contributed by atoms with Crippen molar-refractivity contribution in [1.29, 1.82) is 0 Å². The van der Waals surface area contributed by atoms with Crippen LogP contribution >= 0.6 is 0 Å². The maximum absolute atomic E-state index is 14.1. The smallest absolute Gasteiger partial charge is 0.264 e. The Morgan fingerprint density at radius 2 is 1.44 bits per heavy atom. The van der Waals surface area contributed by atoms with Gasteiger partial charge in [-0.25, -0.2) is 16.8 Å². The molecule has 6 rings (SSSR count). The van der Waals surface area contributed by atoms with Gasteiger partial charge in [-0.1, -0.05) is 49.3 Å². The zero-order valence-corrected chi connectivity index (χ0v) is 26.7. The average molecular weight is 630 g/mol. The van der Waals surface area contributed by atoms with Crippen LogP contribution in [0.5, 0.6) is 5.75 Å². The number of nitrogens with zero attached hydrogens (tertiary/aromatic N) is 2. The first-order valence-corrected chi connectivity index (χ1v) is 18.4. The molecule has 3 heterocycles. The highest BCUT2D eigenvalue weighted by Gasteiger charge is 2.49. The first-order chi connectivity index (χ1) is 20.6. The van der Waals surface area contributed by atoms with Gasteiger partial charge in [0, 0.05) is 24.6 Å². The Morgan fingerprint density at radius 1 is 0.837 bits per heavy atom. The summed E-state index contributed by atoms with van der Waals surface area (Å²) < 4.78 is 58.9. The maximum atomic E-state index is 14.1. The molecule has 0 amide bonds. The molecule has 0 bridgehead atoms. The molecule has 43 heavy (non-hydrogen) atoms. The number of nitrogens with two attached hydrogens (primary N) is 1. The minimum atomic E-state index is -4.28. The normalized spacial score (nSPS) is 22.0. The first-order valence-electron chi connectivity index (χ1n) is 15.6. The molecule has 1 saturated heterocycles. The van der Waals surface area contributed by atoms with Crippen LogP contribution in [0.25, 0.3) is 11.8 Å². The van der Waals surface area contributed by atoms with Crippen molar-refractivity contribution in [3.8, 4) is 5.75 Å². The van der Waals surface area contributed by atoms with Crippen LogP contribution < -0.4 is 19.0 Å². The number of benzene rings is 2. The summed E-state index contributed by atoms with van der Waals surface area (Å²) in [5, 5.41) is 26.8. The van der Waals surface area contributed by atoms with Crippen LogP contribution in [0.3, 0.4) is 0 Å². The molecule has 234 valence electrons. The summed E-state index contributed by atoms with van der Waals surface area (Å²) in [6, 6.07) is 11.2. The van der Waals surface area contributed by atoms with Crippen molar-refractivity contribution in [3.63, 3.8) is 0 Å². The van der Waals surface area contributed by atoms with Crippen molar-refractivity contribution >= 4 is 43.3 Å². The molecule has 1 saturated carbocycles. The number of rotatable bonds is 5. The number of aliphatic hydroxyl groups excluding tert-OH is 1. The van der Waals surface area contributed by atoms with E-state index in [0.29, 0.717) is 24.1 Å². The van der Waals surface area contributed by atoms with Crippen molar-refractivity contribution in [2.45, 2.75) is 65.2 Å². The zero-order valence-electron chi connectivity index (χ0n) is 25.0. The van der Waals surface area contributed by atoms with E-state index in [2.05, 4.69) is 5.32 Å². The second-order valence-corrected chi connectivity index (χ2v) is 15.3. The van der Waals surface area contributed by atoms with Crippen LogP contribution in [0.1, 0.15) is 76.3 Å². The van der Waals surface area contributed by atoms with Crippen molar-refractivity contribution in [3.05, 3.63) is 63.4 Å². The molecule has 2 aromatic rings. The SMILES string of the molecule is C1CC[NH2+]CC1.CCN1c2ccccc2C(O)=C(C(C2=Cc3c([O-])cccc3N(CC)S2(=O)=O)C2CCCCC2)S1(=O)=O. The minimum absolute atomic E-state index is 0.0786. The Morgan fingerprint density at radius 3 is 2.05 bits per heavy atom. The molecule has 4 aliphatic rings. The second-order valence-electron chi connectivity index (χ2n) is 11.6. The molecule has 0 spiro atoms. The van der Waals surface area contributed by atoms with Crippen LogP contribution in [0, 0.1) is 11.8 Å². The molecule has 2 aromatic carbocycles. The van der Waals surface area contributed by atoms with Crippen molar-refractivity contribution in [1.82, 2.24) is 0 Å². The largest absolute Gasteiger partial charge is 0.872 e. The summed E-state index contributed by atoms with van der Waals surface area (Å²) >= 11 is 0. The van der Waals surface area contributed by atoms with Crippen molar-refractivity contribution in [2.75, 3.05) is 34.8 Å². The fraction of sp³-hybridized carbons (Fsp3) is 0.500. The van der Waals surface area contributed by atoms with E-state index in [4.69, 9.17) is 0 Å². The summed E-state index contributed by atoms with van der Waals surface area (Å²) in [4.78, 5) is -0.435. The van der Waals surface area contributed by atoms with Crippen LogP contribution in [-0.2, 0) is 20.0 Å². The van der Waals surface area contributed by atoms with Gasteiger partial charge in [-0.15, -0.1) is 0 Å². The van der Waals surface area contributed by atoms with E-state index in [9.17, 15) is 27.0 Å². The quantitative estimate of drug-likeness (QED) is 0.507. The molecule has 9 nitrogen and oxygen atoms in total. The minimum Gasteiger partial charge on any atom is -0.872 e. The Hall–Kier alpha value is -3.02. The Bertz CT molecular complexity index is 1600. The van der Waals surface area contributed by atoms with Crippen LogP contribution in [0.2, 0.25) is 0 Å². The molecule has 1 atom stereocenters. The van der Waals surface area contributed by atoms with E-state index < -0.39 is 31.7 Å². The molecule has 2 fully saturated rings. The van der Waals surface area contributed by atoms with E-state index in [0.717, 1.165) is 19.3 Å². The molecule has 1 unspecified atom stereocenters. The third-order valence-electron chi connectivity index (χ3n) is 9.02. The summed E-state index contributed by atoms with van der Waals surface area (Å²) in [5.74, 6) is -2.21. The van der Waals surface area contributed by atoms with Gasteiger partial charge in [0.05, 0.1) is 29.4 Å². The third-order valence-corrected chi connectivity index (χ3v) is 13.1. The maximum Gasteiger partial charge on any atom is 0.264 e. The van der Waals surface area contributed by atoms with Gasteiger partial charge in [-0.05, 0) is 81.7 Å². The van der Waals surface area contributed by atoms with Gasteiger partial charge in [-0.2, -0.15) is 0 Å². The van der Waals surface area contributed by atoms with Crippen molar-refractivity contribution < 1.29 is 32.4 Å². The first kappa shape index (κ1) is 31.4. The molecule has 11 heteroatoms. The van der Waals surface area contributed by atoms with Gasteiger partial charge in [0.1, 0.15) is 10.7 Å². The van der Waals surface area contributed by atoms with Gasteiger partial charge in [0.25, 0.3) is 20.0 Å². The summed E-state index contributed by atoms with van der Waals surface area (Å²) in [7, 11) is -8.47. The lowest BCUT2D eigenvalue weighted by molar-refractivity contribution is -0.662. The zero-order chi connectivity index (χ0) is 30.8. The van der Waals surface area contributed by atoms with Gasteiger partial charge >= 0.3 is 0 Å². The fourth-order valence-corrected chi connectivity index (χ4v) is 10.9. The lowest BCUT2D eigenvalue weighted by atomic mass is 9.78. The highest BCUT2D eigenvalue weighted by molar-refractivity contribution is 7.98. The molecule has 0 radical (unpaired) electrons. The summed E-state index contributed by atoms with van der Waals surface area (Å²) in [5.41, 5.74) is 1.21. The van der Waals surface area contributed by atoms with E-state index in [1.54, 1.807) is 44.2 Å². The number of fused-ring (bicyclic) bond motifs is 2. The molecule has 0 aromatic heterocycles. The Kier molecular flexibility index (Phi) is 9.43. The monoisotopic (exact) mass is 629 g/mol. The number of quaternary nitrogens is 1. The second kappa shape index (κ2) is 12.9. The van der Waals surface area contributed by atoms with E-state index in [1.807, 2.05) is 0 Å². The number of aliphatic hydroxyl groups is 1. The Labute approximate surface area is 256 Å². The fourth-order valence-electron chi connectivity index (χ4n) is 6.94. The topological polar surface area (TPSA) is 135 Å². The lowest BCUT2D eigenvalue weighted by Crippen LogP contribution is -2.85. The predicted octanol–water partition coefficient (Wildman–Crippen LogP) is 4.30. The highest BCUT2D eigenvalue weighted by Crippen LogP contribution is 2.51. The number of hydrogen-bond acceptors (Lipinski definition) is 6. The average Bonchev–Trinajstić information content (AvgIpc) is 3.01. The van der Waals surface area contributed by atoms with E-state index in [1.165, 1.54) is 59.2 Å². The lowest BCUT2D eigenvalue weighted by Gasteiger charge is -2.41. The number of para-hydroxylation sites is 1. The number of sulfonamides is 2. The van der Waals surface area contributed by atoms with Crippen LogP contribution in [0.15, 0.2) is 52.3 Å². The number of hydrogen-bond donors (Lipinski definition) is 2. The molecular weight excluding hydrogens is 587 g/mol. The number of anilines is 2. The molecule has 3 N–H and O–H groups in total. The molecule has 1 aliphatic carbocycles. The summed E-state index contributed by atoms with van der Waals surface area (Å²) in [6.45, 7) is 6.34. The molecule has 3 aliphatic heterocycles. The van der Waals surface area contributed by atoms with Gasteiger partial charge in [0.2, 0.25) is 0 Å². The number of piperidine rings is 1. The highest BCUT2D eigenvalue weighted by atomic mass is 32.2. The van der Waals surface area contributed by atoms with E-state index in [-0.39, 0.29) is 45.8 Å². The number of allylic oxidation sites excluding steroid dienone is 2. The van der Waals surface area contributed by atoms with Crippen molar-refractivity contribution in [2.24, 2.45) is 11.8 Å². The van der Waals surface area contributed by atoms with Gasteiger partial charge in [-0.3, -0.25) is 8.61 Å². The molecular formula is C32H43N3O6S2.